The highest BCUT2D eigenvalue weighted by Crippen LogP contribution is 2.32. The van der Waals surface area contributed by atoms with Gasteiger partial charge >= 0.3 is 0 Å². The number of carbonyl (C=O) groups excluding carboxylic acids is 1. The molecular weight excluding hydrogens is 192 g/mol. The van der Waals surface area contributed by atoms with Crippen molar-refractivity contribution in [2.45, 2.75) is 25.6 Å². The molecule has 2 rings (SSSR count). The summed E-state index contributed by atoms with van der Waals surface area (Å²) in [7, 11) is 3.64. The molecule has 2 fully saturated rings. The van der Waals surface area contributed by atoms with Crippen molar-refractivity contribution in [2.75, 3.05) is 33.7 Å². The fraction of sp³-hybridized carbons (Fsp3) is 0.909. The molecule has 4 nitrogen and oxygen atoms in total. The Labute approximate surface area is 91.2 Å². The first kappa shape index (κ1) is 10.9. The Bertz CT molecular complexity index is 255. The van der Waals surface area contributed by atoms with Gasteiger partial charge in [-0.15, -0.1) is 0 Å². The van der Waals surface area contributed by atoms with Crippen LogP contribution in [0.5, 0.6) is 0 Å². The first-order valence-corrected chi connectivity index (χ1v) is 5.70. The number of hydrogen-bond donors (Lipinski definition) is 0. The number of rotatable bonds is 2. The van der Waals surface area contributed by atoms with E-state index in [1.165, 1.54) is 0 Å². The summed E-state index contributed by atoms with van der Waals surface area (Å²) < 4.78 is 5.82. The average Bonchev–Trinajstić information content (AvgIpc) is 2.52. The maximum atomic E-state index is 11.9. The monoisotopic (exact) mass is 212 g/mol. The van der Waals surface area contributed by atoms with E-state index >= 15 is 0 Å². The lowest BCUT2D eigenvalue weighted by Crippen LogP contribution is -2.45. The van der Waals surface area contributed by atoms with Crippen LogP contribution in [0.15, 0.2) is 0 Å². The lowest BCUT2D eigenvalue weighted by atomic mass is 9.99. The van der Waals surface area contributed by atoms with Crippen molar-refractivity contribution in [2.24, 2.45) is 5.92 Å². The Morgan fingerprint density at radius 1 is 1.47 bits per heavy atom. The third-order valence-corrected chi connectivity index (χ3v) is 3.44. The fourth-order valence-electron chi connectivity index (χ4n) is 2.59. The number of carbonyl (C=O) groups is 1. The molecule has 0 N–H and O–H groups in total. The molecule has 4 heteroatoms. The van der Waals surface area contributed by atoms with Crippen molar-refractivity contribution < 1.29 is 9.53 Å². The van der Waals surface area contributed by atoms with Crippen molar-refractivity contribution in [3.05, 3.63) is 0 Å². The predicted octanol–water partition coefficient (Wildman–Crippen LogP) is 0.184. The van der Waals surface area contributed by atoms with Crippen molar-refractivity contribution in [1.29, 1.82) is 0 Å². The van der Waals surface area contributed by atoms with Crippen LogP contribution in [0.1, 0.15) is 13.3 Å². The van der Waals surface area contributed by atoms with Crippen LogP contribution in [-0.2, 0) is 9.53 Å². The van der Waals surface area contributed by atoms with Crippen LogP contribution in [-0.4, -0.2) is 61.6 Å². The normalized spacial score (nSPS) is 35.5. The van der Waals surface area contributed by atoms with E-state index in [2.05, 4.69) is 11.8 Å². The van der Waals surface area contributed by atoms with Gasteiger partial charge in [-0.1, -0.05) is 6.92 Å². The van der Waals surface area contributed by atoms with Gasteiger partial charge in [0.25, 0.3) is 0 Å². The summed E-state index contributed by atoms with van der Waals surface area (Å²) in [6.45, 7) is 5.12. The lowest BCUT2D eigenvalue weighted by Gasteiger charge is -2.32. The summed E-state index contributed by atoms with van der Waals surface area (Å²) in [5, 5.41) is 0. The number of fused-ring (bicyclic) bond motifs is 2. The SMILES string of the molecule is CCN1C[C@H]2C[C@@H](C(=O)N(C)C)[C@@H](C1)O2. The zero-order valence-corrected chi connectivity index (χ0v) is 9.77. The van der Waals surface area contributed by atoms with Gasteiger partial charge in [-0.3, -0.25) is 9.69 Å². The first-order valence-electron chi connectivity index (χ1n) is 5.70. The number of amides is 1. The molecule has 2 aliphatic heterocycles. The van der Waals surface area contributed by atoms with E-state index in [4.69, 9.17) is 4.74 Å². The standard InChI is InChI=1S/C11H20N2O2/c1-4-13-6-8-5-9(10(7-13)15-8)11(14)12(2)3/h8-10H,4-7H2,1-3H3/t8-,9-,10-/m1/s1. The van der Waals surface area contributed by atoms with E-state index in [0.29, 0.717) is 0 Å². The van der Waals surface area contributed by atoms with Crippen LogP contribution < -0.4 is 0 Å². The minimum atomic E-state index is 0.0848. The molecule has 0 radical (unpaired) electrons. The van der Waals surface area contributed by atoms with Gasteiger partial charge < -0.3 is 9.64 Å². The van der Waals surface area contributed by atoms with Crippen molar-refractivity contribution in [3.63, 3.8) is 0 Å². The number of likely N-dealkylation sites (tertiary alicyclic amines) is 1. The molecule has 2 bridgehead atoms. The van der Waals surface area contributed by atoms with Gasteiger partial charge in [-0.2, -0.15) is 0 Å². The molecule has 3 atom stereocenters. The van der Waals surface area contributed by atoms with Crippen LogP contribution in [0.3, 0.4) is 0 Å². The summed E-state index contributed by atoms with van der Waals surface area (Å²) in [6.07, 6.45) is 1.30. The van der Waals surface area contributed by atoms with Crippen LogP contribution in [0.4, 0.5) is 0 Å². The predicted molar refractivity (Wildman–Crippen MR) is 57.6 cm³/mol. The number of morpholine rings is 1. The summed E-state index contributed by atoms with van der Waals surface area (Å²) in [4.78, 5) is 16.0. The smallest absolute Gasteiger partial charge is 0.227 e. The third-order valence-electron chi connectivity index (χ3n) is 3.44. The molecule has 0 aromatic heterocycles. The van der Waals surface area contributed by atoms with Gasteiger partial charge in [0, 0.05) is 27.2 Å². The highest BCUT2D eigenvalue weighted by Gasteiger charge is 2.44. The Balaban J connectivity index is 2.03. The lowest BCUT2D eigenvalue weighted by molar-refractivity contribution is -0.135. The Morgan fingerprint density at radius 3 is 2.80 bits per heavy atom. The number of likely N-dealkylation sites (N-methyl/N-ethyl adjacent to an activating group) is 1. The van der Waals surface area contributed by atoms with E-state index in [0.717, 1.165) is 26.1 Å². The maximum Gasteiger partial charge on any atom is 0.227 e. The quantitative estimate of drug-likeness (QED) is 0.655. The summed E-state index contributed by atoms with van der Waals surface area (Å²) in [5.74, 6) is 0.307. The Morgan fingerprint density at radius 2 is 2.20 bits per heavy atom. The van der Waals surface area contributed by atoms with Crippen molar-refractivity contribution >= 4 is 5.91 Å². The number of hydrogen-bond acceptors (Lipinski definition) is 3. The van der Waals surface area contributed by atoms with Crippen LogP contribution in [0.25, 0.3) is 0 Å². The number of nitrogens with zero attached hydrogens (tertiary/aromatic N) is 2. The van der Waals surface area contributed by atoms with E-state index in [1.54, 1.807) is 4.90 Å². The topological polar surface area (TPSA) is 32.8 Å². The fourth-order valence-corrected chi connectivity index (χ4v) is 2.59. The molecule has 0 aliphatic carbocycles. The van der Waals surface area contributed by atoms with Gasteiger partial charge in [0.15, 0.2) is 0 Å². The molecular formula is C11H20N2O2. The van der Waals surface area contributed by atoms with Crippen molar-refractivity contribution in [3.8, 4) is 0 Å². The largest absolute Gasteiger partial charge is 0.371 e. The minimum absolute atomic E-state index is 0.0848. The van der Waals surface area contributed by atoms with Gasteiger partial charge in [-0.25, -0.2) is 0 Å². The molecule has 0 saturated carbocycles. The Hall–Kier alpha value is -0.610. The molecule has 86 valence electrons. The zero-order valence-electron chi connectivity index (χ0n) is 9.77. The molecule has 0 spiro atoms. The van der Waals surface area contributed by atoms with Crippen LogP contribution >= 0.6 is 0 Å². The molecule has 1 amide bonds. The molecule has 0 unspecified atom stereocenters. The third kappa shape index (κ3) is 2.01. The van der Waals surface area contributed by atoms with E-state index in [-0.39, 0.29) is 24.0 Å². The Kier molecular flexibility index (Phi) is 2.98. The maximum absolute atomic E-state index is 11.9. The molecule has 0 aromatic rings. The van der Waals surface area contributed by atoms with E-state index in [9.17, 15) is 4.79 Å². The molecule has 2 saturated heterocycles. The highest BCUT2D eigenvalue weighted by molar-refractivity contribution is 5.79. The summed E-state index contributed by atoms with van der Waals surface area (Å²) in [6, 6.07) is 0. The van der Waals surface area contributed by atoms with Gasteiger partial charge in [0.05, 0.1) is 18.1 Å². The summed E-state index contributed by atoms with van der Waals surface area (Å²) in [5.41, 5.74) is 0. The highest BCUT2D eigenvalue weighted by atomic mass is 16.5. The van der Waals surface area contributed by atoms with Gasteiger partial charge in [0.1, 0.15) is 0 Å². The average molecular weight is 212 g/mol. The summed E-state index contributed by atoms with van der Waals surface area (Å²) >= 11 is 0. The second-order valence-corrected chi connectivity index (χ2v) is 4.72. The minimum Gasteiger partial charge on any atom is -0.371 e. The number of ether oxygens (including phenoxy) is 1. The van der Waals surface area contributed by atoms with Gasteiger partial charge in [-0.05, 0) is 13.0 Å². The zero-order chi connectivity index (χ0) is 11.0. The second-order valence-electron chi connectivity index (χ2n) is 4.72. The molecule has 0 aromatic carbocycles. The van der Waals surface area contributed by atoms with Gasteiger partial charge in [0.2, 0.25) is 5.91 Å². The molecule has 2 aliphatic rings. The van der Waals surface area contributed by atoms with E-state index in [1.807, 2.05) is 14.1 Å². The molecule has 2 heterocycles. The van der Waals surface area contributed by atoms with E-state index < -0.39 is 0 Å². The van der Waals surface area contributed by atoms with Crippen LogP contribution in [0.2, 0.25) is 0 Å². The van der Waals surface area contributed by atoms with Crippen molar-refractivity contribution in [1.82, 2.24) is 9.80 Å². The van der Waals surface area contributed by atoms with Crippen LogP contribution in [0, 0.1) is 5.92 Å². The first-order chi connectivity index (χ1) is 7.11. The second kappa shape index (κ2) is 4.10. The molecule has 15 heavy (non-hydrogen) atoms.